The van der Waals surface area contributed by atoms with Gasteiger partial charge in [-0.1, -0.05) is 35.9 Å². The quantitative estimate of drug-likeness (QED) is 0.772. The minimum absolute atomic E-state index is 0.431. The monoisotopic (exact) mass is 344 g/mol. The molecule has 3 aromatic rings. The van der Waals surface area contributed by atoms with Gasteiger partial charge in [0.15, 0.2) is 0 Å². The molecule has 1 heterocycles. The first-order chi connectivity index (χ1) is 11.7. The molecule has 0 unspecified atom stereocenters. The lowest BCUT2D eigenvalue weighted by atomic mass is 10.0. The van der Waals surface area contributed by atoms with Crippen LogP contribution in [0.25, 0.3) is 10.9 Å². The van der Waals surface area contributed by atoms with Crippen LogP contribution in [-0.4, -0.2) is 20.9 Å². The second kappa shape index (κ2) is 5.95. The molecule has 0 saturated carbocycles. The van der Waals surface area contributed by atoms with Crippen LogP contribution in [-0.2, 0) is 17.3 Å². The third-order valence-electron chi connectivity index (χ3n) is 4.39. The van der Waals surface area contributed by atoms with Crippen LogP contribution < -0.4 is 0 Å². The molecule has 0 amide bonds. The van der Waals surface area contributed by atoms with E-state index in [9.17, 15) is 13.6 Å². The van der Waals surface area contributed by atoms with E-state index in [1.807, 2.05) is 32.0 Å². The van der Waals surface area contributed by atoms with E-state index in [1.165, 1.54) is 12.1 Å². The number of aromatic nitrogens is 2. The smallest absolute Gasteiger partial charge is 0.379 e. The second-order valence-electron chi connectivity index (χ2n) is 6.28. The van der Waals surface area contributed by atoms with Crippen LogP contribution >= 0.6 is 0 Å². The number of carboxylic acid groups (broad SMARTS) is 1. The Kier molecular flexibility index (Phi) is 4.06. The molecule has 1 aromatic heterocycles. The summed E-state index contributed by atoms with van der Waals surface area (Å²) < 4.78 is 29.4. The van der Waals surface area contributed by atoms with E-state index < -0.39 is 17.5 Å². The number of halogens is 2. The van der Waals surface area contributed by atoms with E-state index in [-0.39, 0.29) is 0 Å². The number of carboxylic acids is 1. The van der Waals surface area contributed by atoms with Crippen molar-refractivity contribution in [2.45, 2.75) is 33.2 Å². The highest BCUT2D eigenvalue weighted by atomic mass is 19.3. The Morgan fingerprint density at radius 3 is 2.56 bits per heavy atom. The summed E-state index contributed by atoms with van der Waals surface area (Å²) in [4.78, 5) is 10.8. The zero-order valence-electron chi connectivity index (χ0n) is 14.2. The predicted molar refractivity (Wildman–Crippen MR) is 91.0 cm³/mol. The standard InChI is InChI=1S/C19H18F2N2O2/c1-11-4-5-12(2)14(8-11)10-23-17-9-15(19(20,21)18(24)25)6-7-16(17)13(3)22-23/h4-9H,10H2,1-3H3,(H,24,25). The van der Waals surface area contributed by atoms with Crippen LogP contribution in [0.5, 0.6) is 0 Å². The third-order valence-corrected chi connectivity index (χ3v) is 4.39. The van der Waals surface area contributed by atoms with Crippen LogP contribution in [0.1, 0.15) is 27.9 Å². The van der Waals surface area contributed by atoms with Gasteiger partial charge >= 0.3 is 11.9 Å². The fraction of sp³-hybridized carbons (Fsp3) is 0.263. The summed E-state index contributed by atoms with van der Waals surface area (Å²) in [5.74, 6) is -6.10. The number of hydrogen-bond donors (Lipinski definition) is 1. The molecule has 1 N–H and O–H groups in total. The Morgan fingerprint density at radius 2 is 1.88 bits per heavy atom. The van der Waals surface area contributed by atoms with Gasteiger partial charge in [0, 0.05) is 10.9 Å². The molecule has 3 rings (SSSR count). The number of carbonyl (C=O) groups is 1. The predicted octanol–water partition coefficient (Wildman–Crippen LogP) is 4.19. The molecule has 0 aliphatic heterocycles. The number of aliphatic carboxylic acids is 1. The number of benzene rings is 2. The second-order valence-corrected chi connectivity index (χ2v) is 6.28. The Bertz CT molecular complexity index is 977. The minimum Gasteiger partial charge on any atom is -0.477 e. The Hall–Kier alpha value is -2.76. The highest BCUT2D eigenvalue weighted by Crippen LogP contribution is 2.31. The molecule has 0 saturated heterocycles. The maximum absolute atomic E-state index is 13.9. The molecule has 0 aliphatic carbocycles. The van der Waals surface area contributed by atoms with Crippen molar-refractivity contribution in [2.24, 2.45) is 0 Å². The molecule has 130 valence electrons. The molecule has 2 aromatic carbocycles. The molecular formula is C19H18F2N2O2. The normalized spacial score (nSPS) is 11.9. The van der Waals surface area contributed by atoms with Gasteiger partial charge in [-0.25, -0.2) is 4.79 Å². The summed E-state index contributed by atoms with van der Waals surface area (Å²) in [6.07, 6.45) is 0. The molecule has 6 heteroatoms. The van der Waals surface area contributed by atoms with E-state index in [2.05, 4.69) is 5.10 Å². The van der Waals surface area contributed by atoms with Crippen LogP contribution in [0, 0.1) is 20.8 Å². The van der Waals surface area contributed by atoms with Crippen LogP contribution in [0.3, 0.4) is 0 Å². The summed E-state index contributed by atoms with van der Waals surface area (Å²) in [6, 6.07) is 9.92. The number of hydrogen-bond acceptors (Lipinski definition) is 2. The van der Waals surface area contributed by atoms with Crippen molar-refractivity contribution in [3.8, 4) is 0 Å². The lowest BCUT2D eigenvalue weighted by Gasteiger charge is -2.12. The fourth-order valence-electron chi connectivity index (χ4n) is 2.91. The summed E-state index contributed by atoms with van der Waals surface area (Å²) in [6.45, 7) is 6.20. The van der Waals surface area contributed by atoms with Gasteiger partial charge in [0.05, 0.1) is 17.8 Å². The highest BCUT2D eigenvalue weighted by molar-refractivity contribution is 5.85. The Morgan fingerprint density at radius 1 is 1.16 bits per heavy atom. The van der Waals surface area contributed by atoms with Gasteiger partial charge in [-0.3, -0.25) is 4.68 Å². The zero-order chi connectivity index (χ0) is 18.4. The van der Waals surface area contributed by atoms with Crippen LogP contribution in [0.2, 0.25) is 0 Å². The van der Waals surface area contributed by atoms with Crippen LogP contribution in [0.4, 0.5) is 8.78 Å². The maximum Gasteiger partial charge on any atom is 0.379 e. The molecule has 0 atom stereocenters. The number of aryl methyl sites for hydroxylation is 3. The first kappa shape index (κ1) is 17.1. The number of fused-ring (bicyclic) bond motifs is 1. The maximum atomic E-state index is 13.9. The number of rotatable bonds is 4. The van der Waals surface area contributed by atoms with E-state index >= 15 is 0 Å². The Labute approximate surface area is 143 Å². The van der Waals surface area contributed by atoms with Crippen molar-refractivity contribution in [2.75, 3.05) is 0 Å². The lowest BCUT2D eigenvalue weighted by molar-refractivity contribution is -0.166. The lowest BCUT2D eigenvalue weighted by Crippen LogP contribution is -2.25. The molecule has 4 nitrogen and oxygen atoms in total. The van der Waals surface area contributed by atoms with Gasteiger partial charge in [-0.05, 0) is 38.0 Å². The fourth-order valence-corrected chi connectivity index (χ4v) is 2.91. The third kappa shape index (κ3) is 2.99. The first-order valence-corrected chi connectivity index (χ1v) is 7.85. The molecule has 0 spiro atoms. The zero-order valence-corrected chi connectivity index (χ0v) is 14.2. The molecule has 0 radical (unpaired) electrons. The van der Waals surface area contributed by atoms with E-state index in [1.54, 1.807) is 11.6 Å². The average Bonchev–Trinajstić information content (AvgIpc) is 2.86. The SMILES string of the molecule is Cc1ccc(C)c(Cn2nc(C)c3ccc(C(F)(F)C(=O)O)cc32)c1. The summed E-state index contributed by atoms with van der Waals surface area (Å²) in [7, 11) is 0. The van der Waals surface area contributed by atoms with Crippen LogP contribution in [0.15, 0.2) is 36.4 Å². The van der Waals surface area contributed by atoms with E-state index in [0.717, 1.165) is 28.1 Å². The van der Waals surface area contributed by atoms with Gasteiger partial charge in [-0.2, -0.15) is 13.9 Å². The van der Waals surface area contributed by atoms with Gasteiger partial charge in [0.1, 0.15) is 0 Å². The molecule has 0 bridgehead atoms. The summed E-state index contributed by atoms with van der Waals surface area (Å²) in [5, 5.41) is 14.0. The molecule has 0 fully saturated rings. The Balaban J connectivity index is 2.12. The summed E-state index contributed by atoms with van der Waals surface area (Å²) >= 11 is 0. The number of alkyl halides is 2. The van der Waals surface area contributed by atoms with Crippen molar-refractivity contribution in [3.05, 3.63) is 64.3 Å². The van der Waals surface area contributed by atoms with E-state index in [4.69, 9.17) is 5.11 Å². The van der Waals surface area contributed by atoms with Gasteiger partial charge in [0.25, 0.3) is 0 Å². The van der Waals surface area contributed by atoms with Crippen molar-refractivity contribution in [1.29, 1.82) is 0 Å². The topological polar surface area (TPSA) is 55.1 Å². The largest absolute Gasteiger partial charge is 0.477 e. The highest BCUT2D eigenvalue weighted by Gasteiger charge is 2.41. The van der Waals surface area contributed by atoms with Crippen molar-refractivity contribution >= 4 is 16.9 Å². The van der Waals surface area contributed by atoms with Crippen molar-refractivity contribution in [3.63, 3.8) is 0 Å². The van der Waals surface area contributed by atoms with Gasteiger partial charge in [0.2, 0.25) is 0 Å². The first-order valence-electron chi connectivity index (χ1n) is 7.85. The number of nitrogens with zero attached hydrogens (tertiary/aromatic N) is 2. The minimum atomic E-state index is -3.93. The van der Waals surface area contributed by atoms with Gasteiger partial charge < -0.3 is 5.11 Å². The molecule has 0 aliphatic rings. The van der Waals surface area contributed by atoms with Gasteiger partial charge in [-0.15, -0.1) is 0 Å². The molecule has 25 heavy (non-hydrogen) atoms. The van der Waals surface area contributed by atoms with E-state index in [0.29, 0.717) is 17.8 Å². The molecular weight excluding hydrogens is 326 g/mol. The summed E-state index contributed by atoms with van der Waals surface area (Å²) in [5.41, 5.74) is 3.89. The average molecular weight is 344 g/mol. The van der Waals surface area contributed by atoms with Crippen molar-refractivity contribution < 1.29 is 18.7 Å². The van der Waals surface area contributed by atoms with Crippen molar-refractivity contribution in [1.82, 2.24) is 9.78 Å².